The first kappa shape index (κ1) is 10.5. The fourth-order valence-electron chi connectivity index (χ4n) is 0. The molecule has 0 amide bonds. The molecule has 0 radical (unpaired) electrons. The molecule has 0 heterocycles. The number of hydrogen-bond donors (Lipinski definition) is 1. The van der Waals surface area contributed by atoms with E-state index in [0.29, 0.717) is 15.9 Å². The van der Waals surface area contributed by atoms with Gasteiger partial charge in [0, 0.05) is 0 Å². The second kappa shape index (κ2) is 3.57. The van der Waals surface area contributed by atoms with Gasteiger partial charge in [-0.3, -0.25) is 0 Å². The van der Waals surface area contributed by atoms with Crippen molar-refractivity contribution in [2.75, 3.05) is 0 Å². The van der Waals surface area contributed by atoms with Crippen LogP contribution in [0.3, 0.4) is 0 Å². The molecule has 0 unspecified atom stereocenters. The predicted molar refractivity (Wildman–Crippen MR) is 38.3 cm³/mol. The van der Waals surface area contributed by atoms with Gasteiger partial charge in [-0.15, -0.1) is 0 Å². The van der Waals surface area contributed by atoms with Crippen molar-refractivity contribution in [2.45, 2.75) is 0 Å². The average Bonchev–Trinajstić information content (AvgIpc) is 0.722. The topological polar surface area (TPSA) is 35.0 Å². The Kier molecular flexibility index (Phi) is 6.28. The van der Waals surface area contributed by atoms with Crippen LogP contribution in [0.25, 0.3) is 0 Å². The van der Waals surface area contributed by atoms with Crippen LogP contribution in [0, 0.1) is 0 Å². The Hall–Kier alpha value is 1.59. The molecule has 0 fully saturated rings. The van der Waals surface area contributed by atoms with Gasteiger partial charge in [-0.2, -0.15) is 0 Å². The van der Waals surface area contributed by atoms with Crippen molar-refractivity contribution < 1.29 is 0 Å². The Morgan fingerprint density at radius 3 is 1.17 bits per heavy atom. The van der Waals surface area contributed by atoms with Crippen LogP contribution in [0.1, 0.15) is 0 Å². The Labute approximate surface area is 59.7 Å². The van der Waals surface area contributed by atoms with Gasteiger partial charge in [-0.1, -0.05) is 0 Å². The van der Waals surface area contributed by atoms with E-state index in [1.807, 2.05) is 0 Å². The zero-order chi connectivity index (χ0) is 4.50. The molecule has 0 aliphatic carbocycles. The van der Waals surface area contributed by atoms with Crippen molar-refractivity contribution in [1.29, 1.82) is 0 Å². The number of halogens is 3. The normalized spacial score (nSPS) is 10.5. The molecule has 6 heavy (non-hydrogen) atoms. The summed E-state index contributed by atoms with van der Waals surface area (Å²) in [5.41, 5.74) is 0. The first-order chi connectivity index (χ1) is 2.00. The summed E-state index contributed by atoms with van der Waals surface area (Å²) < 4.78 is -2.01. The van der Waals surface area contributed by atoms with Crippen molar-refractivity contribution >= 4 is 53.6 Å². The second-order valence-electron chi connectivity index (χ2n) is 0.781. The van der Waals surface area contributed by atoms with E-state index in [9.17, 15) is 0 Å². The minimum atomic E-state index is -2.01. The largest absolute Gasteiger partial charge is 0.344 e. The Balaban J connectivity index is 0. The fraction of sp³-hybridized carbons (Fsp3) is 0. The molecule has 0 bridgehead atoms. The van der Waals surface area contributed by atoms with E-state index in [4.69, 9.17) is 33.2 Å². The number of hydrogen-bond acceptors (Lipinski definition) is 1. The van der Waals surface area contributed by atoms with Crippen molar-refractivity contribution in [3.63, 3.8) is 0 Å². The molecule has 1 nitrogen and oxygen atoms in total. The van der Waals surface area contributed by atoms with E-state index in [2.05, 4.69) is 0 Å². The maximum atomic E-state index is 5.28. The van der Waals surface area contributed by atoms with Crippen LogP contribution in [-0.4, -0.2) is 20.4 Å². The summed E-state index contributed by atoms with van der Waals surface area (Å²) in [5.74, 6) is 0. The van der Waals surface area contributed by atoms with E-state index < -0.39 is 4.53 Å². The van der Waals surface area contributed by atoms with Gasteiger partial charge in [0.1, 0.15) is 0 Å². The molecule has 0 saturated heterocycles. The Morgan fingerprint density at radius 1 is 1.17 bits per heavy atom. The van der Waals surface area contributed by atoms with Gasteiger partial charge < -0.3 is 6.15 Å². The third kappa shape index (κ3) is 46.6. The summed E-state index contributed by atoms with van der Waals surface area (Å²) in [6.07, 6.45) is 0. The van der Waals surface area contributed by atoms with E-state index in [0.717, 1.165) is 0 Å². The van der Waals surface area contributed by atoms with Gasteiger partial charge >= 0.3 is 53.6 Å². The van der Waals surface area contributed by atoms with Crippen LogP contribution in [0.4, 0.5) is 0 Å². The first-order valence-corrected chi connectivity index (χ1v) is 12.9. The molecule has 3 N–H and O–H groups in total. The third-order valence-corrected chi connectivity index (χ3v) is 0. The molecule has 40 valence electrons. The second-order valence-corrected chi connectivity index (χ2v) is 32.3. The van der Waals surface area contributed by atoms with E-state index in [-0.39, 0.29) is 6.15 Å². The summed E-state index contributed by atoms with van der Waals surface area (Å²) in [4.78, 5) is 0. The SMILES string of the molecule is Cl[Si](Cl)(Cl)[GeH3].N. The van der Waals surface area contributed by atoms with Gasteiger partial charge in [0.05, 0.1) is 0 Å². The van der Waals surface area contributed by atoms with Crippen LogP contribution >= 0.6 is 33.2 Å². The molecule has 0 spiro atoms. The predicted octanol–water partition coefficient (Wildman–Crippen LogP) is 0.666. The molecule has 6 heteroatoms. The smallest absolute Gasteiger partial charge is 0.344 e. The summed E-state index contributed by atoms with van der Waals surface area (Å²) >= 11 is 16.3. The van der Waals surface area contributed by atoms with Crippen LogP contribution in [0.2, 0.25) is 0 Å². The molecule has 0 aromatic carbocycles. The van der Waals surface area contributed by atoms with Crippen LogP contribution in [-0.2, 0) is 0 Å². The fourth-order valence-corrected chi connectivity index (χ4v) is 0. The molecule has 0 aromatic rings. The van der Waals surface area contributed by atoms with Crippen LogP contribution < -0.4 is 6.15 Å². The van der Waals surface area contributed by atoms with Gasteiger partial charge in [-0.05, 0) is 0 Å². The molecule has 0 aromatic heterocycles. The minimum Gasteiger partial charge on any atom is -0.344 e. The van der Waals surface area contributed by atoms with Crippen molar-refractivity contribution in [3.8, 4) is 0 Å². The maximum Gasteiger partial charge on any atom is -0.344 e. The molecule has 0 aliphatic rings. The molecular formula is H6Cl3GeNSi. The monoisotopic (exact) mass is 227 g/mol. The maximum absolute atomic E-state index is 5.28. The minimum absolute atomic E-state index is 0. The van der Waals surface area contributed by atoms with E-state index >= 15 is 0 Å². The average molecular weight is 227 g/mol. The van der Waals surface area contributed by atoms with E-state index in [1.165, 1.54) is 0 Å². The zero-order valence-electron chi connectivity index (χ0n) is 3.34. The molecule has 0 aliphatic heterocycles. The summed E-state index contributed by atoms with van der Waals surface area (Å²) in [6, 6.07) is 0. The summed E-state index contributed by atoms with van der Waals surface area (Å²) in [7, 11) is 0. The Bertz CT molecular complexity index is 26.3. The molecule has 0 rings (SSSR count). The van der Waals surface area contributed by atoms with Crippen molar-refractivity contribution in [3.05, 3.63) is 0 Å². The standard InChI is InChI=1S/Cl3GeH3Si.H3N/c1-5(2,3)4;/h4H3;1H3. The number of rotatable bonds is 0. The van der Waals surface area contributed by atoms with Crippen molar-refractivity contribution in [1.82, 2.24) is 6.15 Å². The summed E-state index contributed by atoms with van der Waals surface area (Å²) in [6.45, 7) is 0. The van der Waals surface area contributed by atoms with Gasteiger partial charge in [0.25, 0.3) is 0 Å². The first-order valence-electron chi connectivity index (χ1n) is 1.07. The van der Waals surface area contributed by atoms with Crippen molar-refractivity contribution in [2.24, 2.45) is 0 Å². The molecular weight excluding hydrogens is 221 g/mol. The van der Waals surface area contributed by atoms with Crippen LogP contribution in [0.5, 0.6) is 0 Å². The quantitative estimate of drug-likeness (QED) is 0.479. The van der Waals surface area contributed by atoms with E-state index in [1.54, 1.807) is 0 Å². The van der Waals surface area contributed by atoms with Gasteiger partial charge in [-0.25, -0.2) is 0 Å². The summed E-state index contributed by atoms with van der Waals surface area (Å²) in [5, 5.41) is 0. The molecule has 0 atom stereocenters. The Morgan fingerprint density at radius 2 is 1.17 bits per heavy atom. The van der Waals surface area contributed by atoms with Gasteiger partial charge in [0.2, 0.25) is 0 Å². The molecule has 0 saturated carbocycles. The zero-order valence-corrected chi connectivity index (χ0v) is 10.8. The third-order valence-electron chi connectivity index (χ3n) is 0. The van der Waals surface area contributed by atoms with Gasteiger partial charge in [0.15, 0.2) is 0 Å². The van der Waals surface area contributed by atoms with Crippen LogP contribution in [0.15, 0.2) is 0 Å².